The lowest BCUT2D eigenvalue weighted by Gasteiger charge is -2.25. The maximum Gasteiger partial charge on any atom is 0.153 e. The van der Waals surface area contributed by atoms with Crippen molar-refractivity contribution in [1.82, 2.24) is 4.98 Å². The first-order chi connectivity index (χ1) is 20.8. The minimum Gasteiger partial charge on any atom is -0.496 e. The van der Waals surface area contributed by atoms with Crippen molar-refractivity contribution in [3.8, 4) is 5.75 Å². The van der Waals surface area contributed by atoms with Gasteiger partial charge in [-0.3, -0.25) is 0 Å². The van der Waals surface area contributed by atoms with Crippen molar-refractivity contribution in [2.24, 2.45) is 11.8 Å². The van der Waals surface area contributed by atoms with E-state index >= 15 is 0 Å². The molecule has 0 atom stereocenters. The molecule has 2 saturated carbocycles. The molecule has 2 fully saturated rings. The number of nitrogens with zero attached hydrogens (tertiary/aromatic N) is 3. The van der Waals surface area contributed by atoms with E-state index in [4.69, 9.17) is 9.72 Å². The Morgan fingerprint density at radius 2 is 1.67 bits per heavy atom. The predicted molar refractivity (Wildman–Crippen MR) is 184 cm³/mol. The second-order valence-electron chi connectivity index (χ2n) is 12.7. The Labute approximate surface area is 259 Å². The van der Waals surface area contributed by atoms with E-state index in [1.807, 2.05) is 13.0 Å². The topological polar surface area (TPSA) is 28.6 Å². The van der Waals surface area contributed by atoms with Gasteiger partial charge in [0.2, 0.25) is 0 Å². The summed E-state index contributed by atoms with van der Waals surface area (Å²) in [5.74, 6) is 3.57. The van der Waals surface area contributed by atoms with Crippen molar-refractivity contribution in [3.05, 3.63) is 108 Å². The lowest BCUT2D eigenvalue weighted by atomic mass is 9.85. The minimum absolute atomic E-state index is 0.789. The Morgan fingerprint density at radius 3 is 2.35 bits per heavy atom. The van der Waals surface area contributed by atoms with Crippen LogP contribution in [0.1, 0.15) is 80.7 Å². The molecule has 226 valence electrons. The summed E-state index contributed by atoms with van der Waals surface area (Å²) in [5, 5.41) is 0. The van der Waals surface area contributed by atoms with Crippen LogP contribution in [-0.2, 0) is 6.42 Å². The molecule has 1 aliphatic heterocycles. The monoisotopic (exact) mass is 575 g/mol. The van der Waals surface area contributed by atoms with Crippen LogP contribution in [0, 0.1) is 11.8 Å². The molecule has 4 nitrogen and oxygen atoms in total. The third-order valence-electron chi connectivity index (χ3n) is 9.26. The molecule has 0 saturated heterocycles. The molecule has 4 heteroatoms. The molecule has 0 radical (unpaired) electrons. The number of ether oxygens (including phenoxy) is 1. The van der Waals surface area contributed by atoms with E-state index in [1.165, 1.54) is 56.9 Å². The van der Waals surface area contributed by atoms with E-state index in [0.717, 1.165) is 82.3 Å². The molecular formula is C39H49N3O. The average Bonchev–Trinajstić information content (AvgIpc) is 3.88. The van der Waals surface area contributed by atoms with E-state index in [2.05, 4.69) is 91.2 Å². The number of aromatic nitrogens is 1. The number of methoxy groups -OCH3 is 1. The predicted octanol–water partition coefficient (Wildman–Crippen LogP) is 9.56. The zero-order valence-electron chi connectivity index (χ0n) is 26.6. The van der Waals surface area contributed by atoms with E-state index in [0.29, 0.717) is 0 Å². The fraction of sp³-hybridized carbons (Fsp3) is 0.410. The number of anilines is 2. The number of fused-ring (bicyclic) bond motifs is 1. The first kappa shape index (κ1) is 30.7. The molecule has 3 aromatic rings. The van der Waals surface area contributed by atoms with Crippen LogP contribution in [0.2, 0.25) is 0 Å². The lowest BCUT2D eigenvalue weighted by Crippen LogP contribution is -2.27. The maximum atomic E-state index is 5.66. The van der Waals surface area contributed by atoms with Crippen LogP contribution in [0.25, 0.3) is 11.1 Å². The number of allylic oxidation sites excluding steroid dienone is 1. The summed E-state index contributed by atoms with van der Waals surface area (Å²) in [7, 11) is 3.77. The maximum absolute atomic E-state index is 5.66. The second kappa shape index (κ2) is 14.1. The summed E-state index contributed by atoms with van der Waals surface area (Å²) in [4.78, 5) is 9.70. The van der Waals surface area contributed by atoms with Gasteiger partial charge in [0.15, 0.2) is 5.82 Å². The van der Waals surface area contributed by atoms with Gasteiger partial charge in [-0.2, -0.15) is 0 Å². The van der Waals surface area contributed by atoms with E-state index in [1.54, 1.807) is 7.11 Å². The van der Waals surface area contributed by atoms with Crippen LogP contribution >= 0.6 is 0 Å². The highest BCUT2D eigenvalue weighted by Gasteiger charge is 2.29. The van der Waals surface area contributed by atoms with Gasteiger partial charge < -0.3 is 14.5 Å². The average molecular weight is 576 g/mol. The molecule has 1 aromatic heterocycles. The zero-order valence-corrected chi connectivity index (χ0v) is 26.6. The molecule has 2 aromatic carbocycles. The Hall–Kier alpha value is -3.79. The second-order valence-corrected chi connectivity index (χ2v) is 12.7. The molecule has 0 N–H and O–H groups in total. The summed E-state index contributed by atoms with van der Waals surface area (Å²) in [6.07, 6.45) is 12.2. The van der Waals surface area contributed by atoms with E-state index in [9.17, 15) is 0 Å². The number of hydrogen-bond acceptors (Lipinski definition) is 4. The molecule has 3 aliphatic rings. The van der Waals surface area contributed by atoms with Gasteiger partial charge in [-0.1, -0.05) is 93.8 Å². The van der Waals surface area contributed by atoms with Crippen molar-refractivity contribution in [2.75, 3.05) is 37.0 Å². The molecule has 6 rings (SSSR count). The molecule has 2 aliphatic carbocycles. The molecule has 0 bridgehead atoms. The van der Waals surface area contributed by atoms with Crippen LogP contribution in [-0.4, -0.2) is 32.2 Å². The quantitative estimate of drug-likeness (QED) is 0.267. The zero-order chi connectivity index (χ0) is 30.3. The van der Waals surface area contributed by atoms with Gasteiger partial charge >= 0.3 is 0 Å². The molecule has 0 unspecified atom stereocenters. The highest BCUT2D eigenvalue weighted by atomic mass is 16.5. The van der Waals surface area contributed by atoms with Gasteiger partial charge in [-0.25, -0.2) is 4.98 Å². The van der Waals surface area contributed by atoms with Crippen molar-refractivity contribution in [2.45, 2.75) is 64.7 Å². The fourth-order valence-electron chi connectivity index (χ4n) is 6.28. The van der Waals surface area contributed by atoms with Crippen LogP contribution in [0.5, 0.6) is 5.75 Å². The molecule has 43 heavy (non-hydrogen) atoms. The first-order valence-electron chi connectivity index (χ1n) is 16.1. The van der Waals surface area contributed by atoms with Crippen LogP contribution in [0.4, 0.5) is 11.5 Å². The standard InChI is InChI=1S/C26H31N3O.C13H18/c1-17(2)21-9-10-22(25(15-21)30-6)19(4)23-11-12-24-26(27-23)29(16-20-7-8-20)14-13-18(3)28(24)5;1-3-7-12(8-4-1)11-13-9-5-2-6-10-13/h9-12,15,20H,1,3-4,7-8,13-14,16H2,2,5-6H3;1,3-4,7-8,13H,2,5-6,9-11H2. The normalized spacial score (nSPS) is 17.0. The summed E-state index contributed by atoms with van der Waals surface area (Å²) in [6.45, 7) is 16.7. The number of hydrogen-bond donors (Lipinski definition) is 0. The minimum atomic E-state index is 0.789. The smallest absolute Gasteiger partial charge is 0.153 e. The van der Waals surface area contributed by atoms with Gasteiger partial charge in [0.1, 0.15) is 5.75 Å². The number of benzene rings is 2. The van der Waals surface area contributed by atoms with Gasteiger partial charge in [-0.05, 0) is 73.4 Å². The Morgan fingerprint density at radius 1 is 0.930 bits per heavy atom. The van der Waals surface area contributed by atoms with Gasteiger partial charge in [0.05, 0.1) is 18.5 Å². The Bertz CT molecular complexity index is 1430. The summed E-state index contributed by atoms with van der Waals surface area (Å²) in [6, 6.07) is 21.2. The molecule has 2 heterocycles. The van der Waals surface area contributed by atoms with Crippen LogP contribution in [0.15, 0.2) is 86.1 Å². The van der Waals surface area contributed by atoms with Gasteiger partial charge in [-0.15, -0.1) is 0 Å². The molecular weight excluding hydrogens is 526 g/mol. The Kier molecular flexibility index (Phi) is 10.1. The lowest BCUT2D eigenvalue weighted by molar-refractivity contribution is 0.356. The van der Waals surface area contributed by atoms with Crippen LogP contribution < -0.4 is 14.5 Å². The SMILES string of the molecule is C=C(C)c1ccc(C(=C)c2ccc3c(n2)N(CC2CC2)CCC(=C)N3C)c(OC)c1.c1ccc(CC2CCCCC2)cc1. The third kappa shape index (κ3) is 7.79. The van der Waals surface area contributed by atoms with Gasteiger partial charge in [0.25, 0.3) is 0 Å². The van der Waals surface area contributed by atoms with Crippen LogP contribution in [0.3, 0.4) is 0 Å². The summed E-state index contributed by atoms with van der Waals surface area (Å²) >= 11 is 0. The number of pyridine rings is 1. The highest BCUT2D eigenvalue weighted by Crippen LogP contribution is 2.39. The third-order valence-corrected chi connectivity index (χ3v) is 9.26. The summed E-state index contributed by atoms with van der Waals surface area (Å²) < 4.78 is 5.66. The van der Waals surface area contributed by atoms with Crippen molar-refractivity contribution in [1.29, 1.82) is 0 Å². The highest BCUT2D eigenvalue weighted by molar-refractivity contribution is 5.83. The number of rotatable bonds is 8. The van der Waals surface area contributed by atoms with Crippen molar-refractivity contribution in [3.63, 3.8) is 0 Å². The van der Waals surface area contributed by atoms with Crippen molar-refractivity contribution < 1.29 is 4.74 Å². The fourth-order valence-corrected chi connectivity index (χ4v) is 6.28. The van der Waals surface area contributed by atoms with Gasteiger partial charge in [0, 0.05) is 43.4 Å². The van der Waals surface area contributed by atoms with Crippen molar-refractivity contribution >= 4 is 22.7 Å². The molecule has 0 spiro atoms. The first-order valence-corrected chi connectivity index (χ1v) is 16.1. The Balaban J connectivity index is 0.000000235. The van der Waals surface area contributed by atoms with E-state index < -0.39 is 0 Å². The van der Waals surface area contributed by atoms with E-state index in [-0.39, 0.29) is 0 Å². The summed E-state index contributed by atoms with van der Waals surface area (Å²) in [5.41, 5.74) is 8.52. The largest absolute Gasteiger partial charge is 0.496 e. The molecule has 0 amide bonds.